The normalized spacial score (nSPS) is 19.2. The Kier molecular flexibility index (Phi) is 6.66. The molecule has 1 unspecified atom stereocenters. The van der Waals surface area contributed by atoms with Crippen molar-refractivity contribution < 1.29 is 14.3 Å². The second kappa shape index (κ2) is 9.62. The van der Waals surface area contributed by atoms with Crippen LogP contribution in [0.25, 0.3) is 11.1 Å². The first-order valence-corrected chi connectivity index (χ1v) is 11.0. The van der Waals surface area contributed by atoms with Crippen molar-refractivity contribution in [2.75, 3.05) is 58.3 Å². The van der Waals surface area contributed by atoms with Crippen LogP contribution in [-0.4, -0.2) is 85.0 Å². The van der Waals surface area contributed by atoms with E-state index >= 15 is 0 Å². The number of aromatic nitrogens is 2. The zero-order chi connectivity index (χ0) is 22.7. The van der Waals surface area contributed by atoms with Crippen LogP contribution in [0.3, 0.4) is 0 Å². The van der Waals surface area contributed by atoms with Crippen LogP contribution in [0.15, 0.2) is 30.5 Å². The van der Waals surface area contributed by atoms with Crippen LogP contribution >= 0.6 is 0 Å². The zero-order valence-corrected chi connectivity index (χ0v) is 18.7. The Labute approximate surface area is 188 Å². The zero-order valence-electron chi connectivity index (χ0n) is 18.7. The van der Waals surface area contributed by atoms with Gasteiger partial charge in [0.25, 0.3) is 0 Å². The van der Waals surface area contributed by atoms with Crippen molar-refractivity contribution in [3.8, 4) is 11.1 Å². The van der Waals surface area contributed by atoms with Crippen LogP contribution in [-0.2, 0) is 9.53 Å². The van der Waals surface area contributed by atoms with Crippen LogP contribution < -0.4 is 10.6 Å². The predicted molar refractivity (Wildman–Crippen MR) is 121 cm³/mol. The Bertz CT molecular complexity index is 989. The number of ether oxygens (including phenoxy) is 1. The molecule has 0 bridgehead atoms. The molecule has 1 atom stereocenters. The Balaban J connectivity index is 1.63. The lowest BCUT2D eigenvalue weighted by Gasteiger charge is -2.34. The quantitative estimate of drug-likeness (QED) is 0.725. The maximum atomic E-state index is 12.9. The molecule has 3 heterocycles. The number of morpholine rings is 1. The molecule has 0 aliphatic carbocycles. The second-order valence-corrected chi connectivity index (χ2v) is 8.49. The number of carbonyl (C=O) groups excluding carboxylic acids is 2. The summed E-state index contributed by atoms with van der Waals surface area (Å²) in [5.74, 6) is 0.185. The van der Waals surface area contributed by atoms with Crippen molar-refractivity contribution in [3.63, 3.8) is 0 Å². The lowest BCUT2D eigenvalue weighted by molar-refractivity contribution is -0.140. The van der Waals surface area contributed by atoms with Crippen molar-refractivity contribution >= 4 is 17.8 Å². The van der Waals surface area contributed by atoms with Crippen molar-refractivity contribution in [2.45, 2.75) is 18.9 Å². The third-order valence-corrected chi connectivity index (χ3v) is 5.95. The van der Waals surface area contributed by atoms with Gasteiger partial charge in [-0.2, -0.15) is 0 Å². The van der Waals surface area contributed by atoms with E-state index in [1.54, 1.807) is 24.4 Å². The van der Waals surface area contributed by atoms with E-state index in [0.717, 1.165) is 37.1 Å². The molecule has 2 N–H and O–H groups in total. The van der Waals surface area contributed by atoms with Crippen LogP contribution in [0.2, 0.25) is 0 Å². The fourth-order valence-corrected chi connectivity index (χ4v) is 4.18. The average molecular weight is 439 g/mol. The average Bonchev–Trinajstić information content (AvgIpc) is 3.32. The summed E-state index contributed by atoms with van der Waals surface area (Å²) in [5, 5.41) is 0. The Hall–Kier alpha value is -3.04. The monoisotopic (exact) mass is 438 g/mol. The summed E-state index contributed by atoms with van der Waals surface area (Å²) in [4.78, 5) is 39.7. The minimum atomic E-state index is -0.494. The standard InChI is InChI=1S/C23H30N6O3/c1-27(2)23-25-13-18(16-6-5-7-17(12-16)22(24)31)21(26-23)19-14-29(10-11-32-19)20(30)15-28-8-3-4-9-28/h5-7,12-13,19H,3-4,8-11,14-15H2,1-2H3,(H2,24,31). The van der Waals surface area contributed by atoms with Crippen molar-refractivity contribution in [1.29, 1.82) is 0 Å². The summed E-state index contributed by atoms with van der Waals surface area (Å²) in [6.45, 7) is 3.86. The highest BCUT2D eigenvalue weighted by Crippen LogP contribution is 2.32. The molecule has 2 aliphatic heterocycles. The van der Waals surface area contributed by atoms with E-state index < -0.39 is 5.91 Å². The van der Waals surface area contributed by atoms with Crippen LogP contribution in [0.5, 0.6) is 0 Å². The highest BCUT2D eigenvalue weighted by Gasteiger charge is 2.30. The molecular weight excluding hydrogens is 408 g/mol. The molecule has 4 rings (SSSR count). The number of hydrogen-bond acceptors (Lipinski definition) is 7. The van der Waals surface area contributed by atoms with Gasteiger partial charge in [0.1, 0.15) is 6.10 Å². The first-order chi connectivity index (χ1) is 15.4. The highest BCUT2D eigenvalue weighted by molar-refractivity contribution is 5.94. The number of nitrogens with two attached hydrogens (primary N) is 1. The molecule has 2 saturated heterocycles. The third kappa shape index (κ3) is 4.89. The number of carbonyl (C=O) groups is 2. The van der Waals surface area contributed by atoms with E-state index in [0.29, 0.717) is 43.4 Å². The molecule has 2 aliphatic rings. The van der Waals surface area contributed by atoms with Crippen LogP contribution in [0.1, 0.15) is 35.0 Å². The summed E-state index contributed by atoms with van der Waals surface area (Å²) in [7, 11) is 3.75. The van der Waals surface area contributed by atoms with Gasteiger partial charge in [-0.15, -0.1) is 0 Å². The lowest BCUT2D eigenvalue weighted by atomic mass is 9.99. The first-order valence-electron chi connectivity index (χ1n) is 11.0. The Morgan fingerprint density at radius 3 is 2.72 bits per heavy atom. The van der Waals surface area contributed by atoms with Gasteiger partial charge in [0.2, 0.25) is 17.8 Å². The van der Waals surface area contributed by atoms with E-state index in [4.69, 9.17) is 15.5 Å². The summed E-state index contributed by atoms with van der Waals surface area (Å²) >= 11 is 0. The van der Waals surface area contributed by atoms with Gasteiger partial charge in [-0.3, -0.25) is 14.5 Å². The molecule has 2 amide bonds. The molecule has 0 saturated carbocycles. The van der Waals surface area contributed by atoms with Crippen molar-refractivity contribution in [3.05, 3.63) is 41.7 Å². The van der Waals surface area contributed by atoms with Gasteiger partial charge in [-0.25, -0.2) is 9.97 Å². The highest BCUT2D eigenvalue weighted by atomic mass is 16.5. The van der Waals surface area contributed by atoms with Crippen molar-refractivity contribution in [2.24, 2.45) is 5.73 Å². The molecule has 170 valence electrons. The molecule has 1 aromatic heterocycles. The lowest BCUT2D eigenvalue weighted by Crippen LogP contribution is -2.46. The molecule has 2 fully saturated rings. The molecule has 0 spiro atoms. The maximum absolute atomic E-state index is 12.9. The van der Waals surface area contributed by atoms with Gasteiger partial charge in [0.15, 0.2) is 0 Å². The number of hydrogen-bond donors (Lipinski definition) is 1. The fraction of sp³-hybridized carbons (Fsp3) is 0.478. The largest absolute Gasteiger partial charge is 0.368 e. The van der Waals surface area contributed by atoms with E-state index in [2.05, 4.69) is 9.88 Å². The number of amides is 2. The molecule has 0 radical (unpaired) electrons. The van der Waals surface area contributed by atoms with Gasteiger partial charge in [0.05, 0.1) is 25.4 Å². The topological polar surface area (TPSA) is 105 Å². The smallest absolute Gasteiger partial charge is 0.248 e. The summed E-state index contributed by atoms with van der Waals surface area (Å²) in [6, 6.07) is 7.09. The van der Waals surface area contributed by atoms with Gasteiger partial charge in [-0.1, -0.05) is 12.1 Å². The fourth-order valence-electron chi connectivity index (χ4n) is 4.18. The van der Waals surface area contributed by atoms with Gasteiger partial charge >= 0.3 is 0 Å². The summed E-state index contributed by atoms with van der Waals surface area (Å²) in [6.07, 6.45) is 3.66. The number of nitrogens with zero attached hydrogens (tertiary/aromatic N) is 5. The molecule has 9 nitrogen and oxygen atoms in total. The molecule has 9 heteroatoms. The van der Waals surface area contributed by atoms with E-state index in [1.807, 2.05) is 30.0 Å². The SMILES string of the molecule is CN(C)c1ncc(-c2cccc(C(N)=O)c2)c(C2CN(C(=O)CN3CCCC3)CCO2)n1. The number of rotatable bonds is 6. The molecule has 32 heavy (non-hydrogen) atoms. The van der Waals surface area contributed by atoms with Crippen molar-refractivity contribution in [1.82, 2.24) is 19.8 Å². The summed E-state index contributed by atoms with van der Waals surface area (Å²) < 4.78 is 6.08. The maximum Gasteiger partial charge on any atom is 0.248 e. The van der Waals surface area contributed by atoms with E-state index in [9.17, 15) is 9.59 Å². The van der Waals surface area contributed by atoms with Crippen LogP contribution in [0.4, 0.5) is 5.95 Å². The van der Waals surface area contributed by atoms with Crippen LogP contribution in [0, 0.1) is 0 Å². The first kappa shape index (κ1) is 22.2. The second-order valence-electron chi connectivity index (χ2n) is 8.49. The number of anilines is 1. The van der Waals surface area contributed by atoms with Gasteiger partial charge < -0.3 is 20.3 Å². The predicted octanol–water partition coefficient (Wildman–Crippen LogP) is 1.30. The Morgan fingerprint density at radius 2 is 2.00 bits per heavy atom. The number of benzene rings is 1. The van der Waals surface area contributed by atoms with Gasteiger partial charge in [-0.05, 0) is 43.6 Å². The molecular formula is C23H30N6O3. The summed E-state index contributed by atoms with van der Waals surface area (Å²) in [5.41, 5.74) is 8.13. The van der Waals surface area contributed by atoms with Gasteiger partial charge in [0, 0.05) is 38.0 Å². The minimum Gasteiger partial charge on any atom is -0.368 e. The van der Waals surface area contributed by atoms with E-state index in [-0.39, 0.29) is 12.0 Å². The molecule has 2 aromatic rings. The Morgan fingerprint density at radius 1 is 1.22 bits per heavy atom. The number of likely N-dealkylation sites (tertiary alicyclic amines) is 1. The number of primary amides is 1. The minimum absolute atomic E-state index is 0.124. The van der Waals surface area contributed by atoms with E-state index in [1.165, 1.54) is 0 Å². The third-order valence-electron chi connectivity index (χ3n) is 5.95. The molecule has 1 aromatic carbocycles.